The Kier molecular flexibility index (Phi) is 5.05. The van der Waals surface area contributed by atoms with E-state index in [0.29, 0.717) is 24.6 Å². The summed E-state index contributed by atoms with van der Waals surface area (Å²) in [7, 11) is 0. The van der Waals surface area contributed by atoms with E-state index < -0.39 is 11.7 Å². The average molecular weight is 287 g/mol. The Hall–Kier alpha value is -1.07. The lowest BCUT2D eigenvalue weighted by molar-refractivity contribution is -0.138. The van der Waals surface area contributed by atoms with Crippen molar-refractivity contribution in [3.8, 4) is 0 Å². The molecule has 1 aliphatic carbocycles. The van der Waals surface area contributed by atoms with Gasteiger partial charge < -0.3 is 5.11 Å². The molecule has 20 heavy (non-hydrogen) atoms. The first-order valence-electron chi connectivity index (χ1n) is 7.02. The SMILES string of the molecule is OCCCCN(Cc1ccccc1C(F)(F)F)C1CC1. The van der Waals surface area contributed by atoms with Crippen LogP contribution in [0.1, 0.15) is 36.8 Å². The summed E-state index contributed by atoms with van der Waals surface area (Å²) in [6, 6.07) is 6.20. The maximum absolute atomic E-state index is 13.0. The lowest BCUT2D eigenvalue weighted by atomic mass is 10.1. The predicted molar refractivity (Wildman–Crippen MR) is 71.2 cm³/mol. The number of unbranched alkanes of at least 4 members (excludes halogenated alkanes) is 1. The maximum atomic E-state index is 13.0. The number of nitrogens with zero attached hydrogens (tertiary/aromatic N) is 1. The molecule has 112 valence electrons. The van der Waals surface area contributed by atoms with Gasteiger partial charge in [-0.05, 0) is 43.9 Å². The van der Waals surface area contributed by atoms with Crippen LogP contribution >= 0.6 is 0 Å². The Morgan fingerprint density at radius 1 is 1.15 bits per heavy atom. The maximum Gasteiger partial charge on any atom is 0.416 e. The molecule has 5 heteroatoms. The summed E-state index contributed by atoms with van der Waals surface area (Å²) in [5, 5.41) is 8.81. The molecule has 0 radical (unpaired) electrons. The number of aliphatic hydroxyl groups excluding tert-OH is 1. The van der Waals surface area contributed by atoms with E-state index in [1.165, 1.54) is 6.07 Å². The van der Waals surface area contributed by atoms with Crippen molar-refractivity contribution in [2.45, 2.75) is 44.4 Å². The summed E-state index contributed by atoms with van der Waals surface area (Å²) in [6.45, 7) is 1.22. The molecule has 1 saturated carbocycles. The predicted octanol–water partition coefficient (Wildman–Crippen LogP) is 3.44. The zero-order valence-corrected chi connectivity index (χ0v) is 11.4. The fraction of sp³-hybridized carbons (Fsp3) is 0.600. The highest BCUT2D eigenvalue weighted by Gasteiger charge is 2.35. The van der Waals surface area contributed by atoms with Gasteiger partial charge in [-0.1, -0.05) is 18.2 Å². The Balaban J connectivity index is 2.06. The van der Waals surface area contributed by atoms with Crippen molar-refractivity contribution in [2.24, 2.45) is 0 Å². The third kappa shape index (κ3) is 4.21. The molecule has 0 aromatic heterocycles. The largest absolute Gasteiger partial charge is 0.416 e. The van der Waals surface area contributed by atoms with Gasteiger partial charge in [0.1, 0.15) is 0 Å². The van der Waals surface area contributed by atoms with Crippen LogP contribution in [-0.4, -0.2) is 29.2 Å². The summed E-state index contributed by atoms with van der Waals surface area (Å²) in [6.07, 6.45) is -0.650. The number of alkyl halides is 3. The number of hydrogen-bond acceptors (Lipinski definition) is 2. The van der Waals surface area contributed by atoms with Gasteiger partial charge in [-0.2, -0.15) is 13.2 Å². The molecular formula is C15H20F3NO. The van der Waals surface area contributed by atoms with Gasteiger partial charge in [-0.25, -0.2) is 0 Å². The van der Waals surface area contributed by atoms with Crippen molar-refractivity contribution in [1.82, 2.24) is 4.90 Å². The van der Waals surface area contributed by atoms with Crippen molar-refractivity contribution in [1.29, 1.82) is 0 Å². The molecule has 0 spiro atoms. The molecule has 2 nitrogen and oxygen atoms in total. The lowest BCUT2D eigenvalue weighted by Gasteiger charge is -2.24. The van der Waals surface area contributed by atoms with Gasteiger partial charge in [0.2, 0.25) is 0 Å². The first-order valence-corrected chi connectivity index (χ1v) is 7.02. The van der Waals surface area contributed by atoms with Crippen LogP contribution in [-0.2, 0) is 12.7 Å². The van der Waals surface area contributed by atoms with Gasteiger partial charge in [0.25, 0.3) is 0 Å². The zero-order valence-electron chi connectivity index (χ0n) is 11.4. The van der Waals surface area contributed by atoms with Crippen LogP contribution in [0.5, 0.6) is 0 Å². The van der Waals surface area contributed by atoms with Crippen LogP contribution in [0.3, 0.4) is 0 Å². The first kappa shape index (κ1) is 15.3. The molecule has 0 unspecified atom stereocenters. The van der Waals surface area contributed by atoms with Gasteiger partial charge in [-0.15, -0.1) is 0 Å². The number of halogens is 3. The fourth-order valence-electron chi connectivity index (χ4n) is 2.41. The second-order valence-electron chi connectivity index (χ2n) is 5.29. The van der Waals surface area contributed by atoms with E-state index in [1.807, 2.05) is 0 Å². The molecule has 0 atom stereocenters. The van der Waals surface area contributed by atoms with E-state index in [1.54, 1.807) is 12.1 Å². The Labute approximate surface area is 117 Å². The molecule has 2 rings (SSSR count). The van der Waals surface area contributed by atoms with Gasteiger partial charge in [0, 0.05) is 19.2 Å². The molecule has 1 aromatic carbocycles. The standard InChI is InChI=1S/C15H20F3NO/c16-15(17,18)14-6-2-1-5-12(14)11-19(13-7-8-13)9-3-4-10-20/h1-2,5-6,13,20H,3-4,7-11H2. The molecule has 0 aliphatic heterocycles. The molecule has 1 aliphatic rings. The van der Waals surface area contributed by atoms with Crippen LogP contribution in [0.4, 0.5) is 13.2 Å². The fourth-order valence-corrected chi connectivity index (χ4v) is 2.41. The topological polar surface area (TPSA) is 23.5 Å². The second-order valence-corrected chi connectivity index (χ2v) is 5.29. The Morgan fingerprint density at radius 2 is 1.85 bits per heavy atom. The Morgan fingerprint density at radius 3 is 2.45 bits per heavy atom. The third-order valence-corrected chi connectivity index (χ3v) is 3.61. The third-order valence-electron chi connectivity index (χ3n) is 3.61. The van der Waals surface area contributed by atoms with Gasteiger partial charge in [0.15, 0.2) is 0 Å². The molecule has 0 heterocycles. The molecule has 0 amide bonds. The highest BCUT2D eigenvalue weighted by molar-refractivity contribution is 5.29. The average Bonchev–Trinajstić information content (AvgIpc) is 3.21. The minimum Gasteiger partial charge on any atom is -0.396 e. The summed E-state index contributed by atoms with van der Waals surface area (Å²) < 4.78 is 38.9. The van der Waals surface area contributed by atoms with Crippen molar-refractivity contribution >= 4 is 0 Å². The number of hydrogen-bond donors (Lipinski definition) is 1. The highest BCUT2D eigenvalue weighted by Crippen LogP contribution is 2.34. The van der Waals surface area contributed by atoms with E-state index in [4.69, 9.17) is 5.11 Å². The quantitative estimate of drug-likeness (QED) is 0.777. The highest BCUT2D eigenvalue weighted by atomic mass is 19.4. The number of benzene rings is 1. The number of aliphatic hydroxyl groups is 1. The van der Waals surface area contributed by atoms with E-state index >= 15 is 0 Å². The van der Waals surface area contributed by atoms with Crippen LogP contribution in [0.15, 0.2) is 24.3 Å². The minimum absolute atomic E-state index is 0.137. The van der Waals surface area contributed by atoms with E-state index in [-0.39, 0.29) is 6.61 Å². The molecule has 1 fully saturated rings. The molecule has 1 N–H and O–H groups in total. The van der Waals surface area contributed by atoms with Crippen LogP contribution in [0, 0.1) is 0 Å². The molecule has 0 saturated heterocycles. The smallest absolute Gasteiger partial charge is 0.396 e. The Bertz CT molecular complexity index is 429. The monoisotopic (exact) mass is 287 g/mol. The summed E-state index contributed by atoms with van der Waals surface area (Å²) >= 11 is 0. The minimum atomic E-state index is -4.29. The van der Waals surface area contributed by atoms with Crippen LogP contribution in [0.25, 0.3) is 0 Å². The van der Waals surface area contributed by atoms with Gasteiger partial charge >= 0.3 is 6.18 Å². The molecule has 1 aromatic rings. The first-order chi connectivity index (χ1) is 9.52. The van der Waals surface area contributed by atoms with Crippen LogP contribution in [0.2, 0.25) is 0 Å². The normalized spacial score (nSPS) is 15.8. The lowest BCUT2D eigenvalue weighted by Crippen LogP contribution is -2.28. The second kappa shape index (κ2) is 6.59. The van der Waals surface area contributed by atoms with E-state index in [0.717, 1.165) is 31.9 Å². The zero-order chi connectivity index (χ0) is 14.6. The summed E-state index contributed by atoms with van der Waals surface area (Å²) in [5.74, 6) is 0. The van der Waals surface area contributed by atoms with Gasteiger partial charge in [-0.3, -0.25) is 4.90 Å². The van der Waals surface area contributed by atoms with Crippen molar-refractivity contribution in [3.63, 3.8) is 0 Å². The van der Waals surface area contributed by atoms with E-state index in [9.17, 15) is 13.2 Å². The molecule has 0 bridgehead atoms. The van der Waals surface area contributed by atoms with Crippen molar-refractivity contribution in [2.75, 3.05) is 13.2 Å². The van der Waals surface area contributed by atoms with Crippen molar-refractivity contribution in [3.05, 3.63) is 35.4 Å². The summed E-state index contributed by atoms with van der Waals surface area (Å²) in [4.78, 5) is 2.11. The van der Waals surface area contributed by atoms with Crippen LogP contribution < -0.4 is 0 Å². The molecular weight excluding hydrogens is 267 g/mol. The van der Waals surface area contributed by atoms with Gasteiger partial charge in [0.05, 0.1) is 5.56 Å². The van der Waals surface area contributed by atoms with E-state index in [2.05, 4.69) is 4.90 Å². The summed E-state index contributed by atoms with van der Waals surface area (Å²) in [5.41, 5.74) is -0.191. The number of rotatable bonds is 7. The van der Waals surface area contributed by atoms with Crippen molar-refractivity contribution < 1.29 is 18.3 Å².